The summed E-state index contributed by atoms with van der Waals surface area (Å²) in [5.41, 5.74) is 4.65. The molecule has 2 amide bonds. The number of anilines is 1. The number of imidazole rings is 1. The number of hydrogen-bond donors (Lipinski definition) is 3. The summed E-state index contributed by atoms with van der Waals surface area (Å²) in [5.74, 6) is 0. The van der Waals surface area contributed by atoms with Crippen LogP contribution in [0.1, 0.15) is 13.3 Å². The van der Waals surface area contributed by atoms with Crippen LogP contribution in [0.15, 0.2) is 61.2 Å². The number of halogens is 3. The largest absolute Gasteiger partial charge is 0.483 e. The van der Waals surface area contributed by atoms with E-state index in [1.165, 1.54) is 0 Å². The number of carbonyl (C=O) groups is 2. The third-order valence-corrected chi connectivity index (χ3v) is 4.80. The van der Waals surface area contributed by atoms with Crippen LogP contribution in [0, 0.1) is 0 Å². The minimum absolute atomic E-state index is 0.250. The van der Waals surface area contributed by atoms with Crippen molar-refractivity contribution in [3.63, 3.8) is 0 Å². The van der Waals surface area contributed by atoms with Crippen LogP contribution in [-0.4, -0.2) is 49.5 Å². The highest BCUT2D eigenvalue weighted by atomic mass is 19.4. The smallest absolute Gasteiger partial charge is 0.405 e. The molecule has 35 heavy (non-hydrogen) atoms. The van der Waals surface area contributed by atoms with Crippen molar-refractivity contribution in [2.45, 2.75) is 26.1 Å². The highest BCUT2D eigenvalue weighted by Gasteiger charge is 2.27. The highest BCUT2D eigenvalue weighted by molar-refractivity contribution is 5.90. The predicted molar refractivity (Wildman–Crippen MR) is 124 cm³/mol. The monoisotopic (exact) mass is 488 g/mol. The summed E-state index contributed by atoms with van der Waals surface area (Å²) in [6, 6.07) is 9.84. The van der Waals surface area contributed by atoms with Gasteiger partial charge in [-0.25, -0.2) is 9.78 Å². The Kier molecular flexibility index (Phi) is 8.08. The summed E-state index contributed by atoms with van der Waals surface area (Å²) in [5, 5.41) is 15.5. The molecule has 184 valence electrons. The van der Waals surface area contributed by atoms with Gasteiger partial charge in [-0.3, -0.25) is 13.9 Å². The molecule has 3 heterocycles. The molecule has 0 saturated heterocycles. The fraction of sp³-hybridized carbons (Fsp3) is 0.217. The molecule has 4 aromatic rings. The number of carboxylic acid groups (broad SMARTS) is 1. The quantitative estimate of drug-likeness (QED) is 0.342. The molecule has 3 aromatic heterocycles. The molecule has 12 heteroatoms. The summed E-state index contributed by atoms with van der Waals surface area (Å²) in [4.78, 5) is 24.6. The normalized spacial score (nSPS) is 11.0. The van der Waals surface area contributed by atoms with E-state index < -0.39 is 18.8 Å². The maximum Gasteiger partial charge on any atom is 0.405 e. The van der Waals surface area contributed by atoms with E-state index in [0.717, 1.165) is 41.0 Å². The van der Waals surface area contributed by atoms with Crippen molar-refractivity contribution >= 4 is 23.8 Å². The summed E-state index contributed by atoms with van der Waals surface area (Å²) in [6.07, 6.45) is 3.97. The van der Waals surface area contributed by atoms with Gasteiger partial charge in [-0.05, 0) is 36.2 Å². The van der Waals surface area contributed by atoms with Crippen molar-refractivity contribution in [3.8, 4) is 22.4 Å². The second-order valence-electron chi connectivity index (χ2n) is 7.39. The molecule has 0 radical (unpaired) electrons. The van der Waals surface area contributed by atoms with E-state index in [9.17, 15) is 18.0 Å². The van der Waals surface area contributed by atoms with Gasteiger partial charge in [0.1, 0.15) is 12.2 Å². The van der Waals surface area contributed by atoms with Crippen molar-refractivity contribution in [2.24, 2.45) is 0 Å². The van der Waals surface area contributed by atoms with Gasteiger partial charge in [0.15, 0.2) is 0 Å². The Morgan fingerprint density at radius 1 is 1.14 bits per heavy atom. The Bertz CT molecular complexity index is 1300. The molecule has 0 fully saturated rings. The number of aromatic nitrogens is 4. The third kappa shape index (κ3) is 6.82. The van der Waals surface area contributed by atoms with Crippen molar-refractivity contribution in [1.29, 1.82) is 0 Å². The maximum absolute atomic E-state index is 12.3. The van der Waals surface area contributed by atoms with Gasteiger partial charge in [0.25, 0.3) is 6.47 Å². The zero-order valence-electron chi connectivity index (χ0n) is 18.7. The van der Waals surface area contributed by atoms with Gasteiger partial charge in [0.2, 0.25) is 0 Å². The number of fused-ring (bicyclic) bond motifs is 1. The zero-order chi connectivity index (χ0) is 25.4. The fourth-order valence-electron chi connectivity index (χ4n) is 3.35. The molecule has 0 aliphatic carbocycles. The van der Waals surface area contributed by atoms with E-state index in [2.05, 4.69) is 22.3 Å². The molecule has 0 aliphatic rings. The molecule has 0 bridgehead atoms. The topological polar surface area (TPSA) is 114 Å². The summed E-state index contributed by atoms with van der Waals surface area (Å²) >= 11 is 0. The first-order chi connectivity index (χ1) is 16.7. The SMILES string of the molecule is CCCn1cc(-c2ccn3c(-c4cccc(NC(=O)NCC(F)(F)F)c4)cnc3c2)cn1.O=CO. The lowest BCUT2D eigenvalue weighted by Gasteiger charge is -2.11. The first-order valence-corrected chi connectivity index (χ1v) is 10.5. The third-order valence-electron chi connectivity index (χ3n) is 4.80. The lowest BCUT2D eigenvalue weighted by molar-refractivity contribution is -0.123. The number of benzene rings is 1. The van der Waals surface area contributed by atoms with E-state index in [1.54, 1.807) is 29.7 Å². The number of amides is 2. The first-order valence-electron chi connectivity index (χ1n) is 10.5. The molecular formula is C23H23F3N6O3. The minimum Gasteiger partial charge on any atom is -0.483 e. The fourth-order valence-corrected chi connectivity index (χ4v) is 3.35. The minimum atomic E-state index is -4.47. The van der Waals surface area contributed by atoms with Crippen LogP contribution in [0.2, 0.25) is 0 Å². The number of hydrogen-bond acceptors (Lipinski definition) is 4. The molecule has 0 aliphatic heterocycles. The number of nitrogens with one attached hydrogen (secondary N) is 2. The van der Waals surface area contributed by atoms with E-state index in [0.29, 0.717) is 5.69 Å². The number of aryl methyl sites for hydroxylation is 1. The summed E-state index contributed by atoms with van der Waals surface area (Å²) in [7, 11) is 0. The molecule has 0 atom stereocenters. The van der Waals surface area contributed by atoms with Crippen molar-refractivity contribution in [1.82, 2.24) is 24.5 Å². The van der Waals surface area contributed by atoms with Gasteiger partial charge in [0, 0.05) is 35.8 Å². The van der Waals surface area contributed by atoms with Gasteiger partial charge in [-0.15, -0.1) is 0 Å². The van der Waals surface area contributed by atoms with Gasteiger partial charge < -0.3 is 15.7 Å². The Labute approximate surface area is 198 Å². The van der Waals surface area contributed by atoms with Crippen LogP contribution in [0.3, 0.4) is 0 Å². The number of urea groups is 1. The number of carbonyl (C=O) groups excluding carboxylic acids is 1. The van der Waals surface area contributed by atoms with Crippen LogP contribution >= 0.6 is 0 Å². The molecule has 9 nitrogen and oxygen atoms in total. The second kappa shape index (κ2) is 11.2. The standard InChI is InChI=1S/C22H21F3N6O.CH2O2/c1-2-7-30-13-17(11-28-30)15-6-8-31-19(12-26-20(31)10-15)16-4-3-5-18(9-16)29-21(32)27-14-22(23,24)25;2-1-3/h3-6,8-13H,2,7,14H2,1H3,(H2,27,29,32);1H,(H,2,3). The van der Waals surface area contributed by atoms with Gasteiger partial charge in [0.05, 0.1) is 18.1 Å². The number of rotatable bonds is 6. The van der Waals surface area contributed by atoms with Crippen LogP contribution in [0.25, 0.3) is 28.0 Å². The predicted octanol–water partition coefficient (Wildman–Crippen LogP) is 4.66. The average molecular weight is 488 g/mol. The maximum atomic E-state index is 12.3. The van der Waals surface area contributed by atoms with Crippen LogP contribution in [0.5, 0.6) is 0 Å². The van der Waals surface area contributed by atoms with Crippen molar-refractivity contribution < 1.29 is 27.9 Å². The lowest BCUT2D eigenvalue weighted by atomic mass is 10.1. The Balaban J connectivity index is 0.00000108. The average Bonchev–Trinajstić information content (AvgIpc) is 3.45. The van der Waals surface area contributed by atoms with Gasteiger partial charge in [-0.1, -0.05) is 19.1 Å². The summed E-state index contributed by atoms with van der Waals surface area (Å²) in [6.45, 7) is 1.30. The Morgan fingerprint density at radius 3 is 2.63 bits per heavy atom. The first kappa shape index (κ1) is 25.3. The van der Waals surface area contributed by atoms with Crippen molar-refractivity contribution in [2.75, 3.05) is 11.9 Å². The molecule has 4 rings (SSSR count). The van der Waals surface area contributed by atoms with Crippen molar-refractivity contribution in [3.05, 3.63) is 61.2 Å². The van der Waals surface area contributed by atoms with Gasteiger partial charge >= 0.3 is 12.2 Å². The van der Waals surface area contributed by atoms with Crippen LogP contribution in [0.4, 0.5) is 23.7 Å². The lowest BCUT2D eigenvalue weighted by Crippen LogP contribution is -2.36. The number of alkyl halides is 3. The van der Waals surface area contributed by atoms with Crippen LogP contribution in [-0.2, 0) is 11.3 Å². The molecule has 1 aromatic carbocycles. The molecular weight excluding hydrogens is 465 g/mol. The van der Waals surface area contributed by atoms with Crippen LogP contribution < -0.4 is 10.6 Å². The summed E-state index contributed by atoms with van der Waals surface area (Å²) < 4.78 is 40.6. The zero-order valence-corrected chi connectivity index (χ0v) is 18.7. The molecule has 3 N–H and O–H groups in total. The van der Waals surface area contributed by atoms with E-state index in [1.807, 2.05) is 45.9 Å². The highest BCUT2D eigenvalue weighted by Crippen LogP contribution is 2.26. The molecule has 0 spiro atoms. The van der Waals surface area contributed by atoms with E-state index in [4.69, 9.17) is 9.90 Å². The molecule has 0 saturated carbocycles. The number of pyridine rings is 1. The molecule has 0 unspecified atom stereocenters. The Hall–Kier alpha value is -4.35. The van der Waals surface area contributed by atoms with E-state index >= 15 is 0 Å². The van der Waals surface area contributed by atoms with E-state index in [-0.39, 0.29) is 6.47 Å². The number of nitrogens with zero attached hydrogens (tertiary/aromatic N) is 4. The second-order valence-corrected chi connectivity index (χ2v) is 7.39. The Morgan fingerprint density at radius 2 is 1.91 bits per heavy atom. The van der Waals surface area contributed by atoms with Gasteiger partial charge in [-0.2, -0.15) is 18.3 Å².